The summed E-state index contributed by atoms with van der Waals surface area (Å²) in [6, 6.07) is 19.5. The lowest BCUT2D eigenvalue weighted by Crippen LogP contribution is -2.52. The van der Waals surface area contributed by atoms with Crippen LogP contribution in [0.25, 0.3) is 0 Å². The van der Waals surface area contributed by atoms with E-state index in [4.69, 9.17) is 11.6 Å². The van der Waals surface area contributed by atoms with E-state index in [0.717, 1.165) is 0 Å². The number of aryl methyl sites for hydroxylation is 1. The molecule has 0 aliphatic carbocycles. The topological polar surface area (TPSA) is 60.9 Å². The van der Waals surface area contributed by atoms with Crippen LogP contribution in [0.2, 0.25) is 5.02 Å². The third-order valence-electron chi connectivity index (χ3n) is 6.67. The number of halogens is 1. The Hall–Kier alpha value is -3.03. The Morgan fingerprint density at radius 3 is 2.20 bits per heavy atom. The van der Waals surface area contributed by atoms with E-state index in [-0.39, 0.29) is 17.3 Å². The maximum absolute atomic E-state index is 13.6. The number of nitrogens with zero attached hydrogens (tertiary/aromatic N) is 3. The molecule has 1 heterocycles. The van der Waals surface area contributed by atoms with Crippen LogP contribution in [0.5, 0.6) is 0 Å². The minimum atomic E-state index is -3.97. The zero-order chi connectivity index (χ0) is 25.2. The van der Waals surface area contributed by atoms with Crippen molar-refractivity contribution in [3.63, 3.8) is 0 Å². The molecule has 0 N–H and O–H groups in total. The van der Waals surface area contributed by atoms with Gasteiger partial charge in [0.2, 0.25) is 5.91 Å². The summed E-state index contributed by atoms with van der Waals surface area (Å²) in [6.45, 7) is 8.12. The van der Waals surface area contributed by atoms with Crippen molar-refractivity contribution < 1.29 is 13.2 Å². The molecule has 3 aromatic carbocycles. The number of benzene rings is 3. The Kier molecular flexibility index (Phi) is 7.38. The zero-order valence-corrected chi connectivity index (χ0v) is 21.8. The van der Waals surface area contributed by atoms with Crippen LogP contribution in [0.4, 0.5) is 11.4 Å². The second-order valence-corrected chi connectivity index (χ2v) is 11.1. The predicted molar refractivity (Wildman–Crippen MR) is 142 cm³/mol. The number of carbonyl (C=O) groups excluding carboxylic acids is 1. The summed E-state index contributed by atoms with van der Waals surface area (Å²) in [5.74, 6) is -0.232. The van der Waals surface area contributed by atoms with Crippen molar-refractivity contribution in [3.8, 4) is 0 Å². The van der Waals surface area contributed by atoms with Crippen molar-refractivity contribution in [1.82, 2.24) is 4.90 Å². The average molecular weight is 512 g/mol. The molecular weight excluding hydrogens is 482 g/mol. The van der Waals surface area contributed by atoms with Crippen molar-refractivity contribution in [3.05, 3.63) is 88.4 Å². The molecule has 0 bridgehead atoms. The molecule has 6 nitrogen and oxygen atoms in total. The van der Waals surface area contributed by atoms with Crippen LogP contribution in [0, 0.1) is 20.8 Å². The second kappa shape index (κ2) is 10.3. The van der Waals surface area contributed by atoms with E-state index in [1.165, 1.54) is 33.3 Å². The van der Waals surface area contributed by atoms with Crippen LogP contribution in [0.3, 0.4) is 0 Å². The van der Waals surface area contributed by atoms with Crippen LogP contribution in [0.15, 0.2) is 71.6 Å². The van der Waals surface area contributed by atoms with Gasteiger partial charge in [0.1, 0.15) is 6.54 Å². The lowest BCUT2D eigenvalue weighted by molar-refractivity contribution is -0.129. The van der Waals surface area contributed by atoms with Crippen molar-refractivity contribution in [2.24, 2.45) is 0 Å². The molecule has 1 amide bonds. The first-order valence-corrected chi connectivity index (χ1v) is 13.4. The molecule has 35 heavy (non-hydrogen) atoms. The van der Waals surface area contributed by atoms with Crippen molar-refractivity contribution >= 4 is 38.9 Å². The van der Waals surface area contributed by atoms with E-state index in [9.17, 15) is 13.2 Å². The smallest absolute Gasteiger partial charge is 0.264 e. The summed E-state index contributed by atoms with van der Waals surface area (Å²) >= 11 is 6.31. The average Bonchev–Trinajstić information content (AvgIpc) is 2.86. The Morgan fingerprint density at radius 1 is 0.857 bits per heavy atom. The SMILES string of the molecule is Cc1cccc(N2CCN(C(=O)CN(c3cccc(Cl)c3C)S(=O)(=O)c3ccccc3)CC2)c1C. The third-order valence-corrected chi connectivity index (χ3v) is 8.85. The number of carbonyl (C=O) groups is 1. The van der Waals surface area contributed by atoms with E-state index in [0.29, 0.717) is 42.5 Å². The van der Waals surface area contributed by atoms with Gasteiger partial charge >= 0.3 is 0 Å². The van der Waals surface area contributed by atoms with Gasteiger partial charge in [-0.1, -0.05) is 48.0 Å². The summed E-state index contributed by atoms with van der Waals surface area (Å²) in [6.07, 6.45) is 0. The fraction of sp³-hybridized carbons (Fsp3) is 0.296. The van der Waals surface area contributed by atoms with Gasteiger partial charge < -0.3 is 9.80 Å². The number of hydrogen-bond donors (Lipinski definition) is 0. The maximum atomic E-state index is 13.6. The van der Waals surface area contributed by atoms with E-state index < -0.39 is 10.0 Å². The Labute approximate surface area is 212 Å². The zero-order valence-electron chi connectivity index (χ0n) is 20.2. The molecule has 1 saturated heterocycles. The second-order valence-electron chi connectivity index (χ2n) is 8.80. The summed E-state index contributed by atoms with van der Waals surface area (Å²) in [5, 5.41) is 0.449. The van der Waals surface area contributed by atoms with E-state index >= 15 is 0 Å². The lowest BCUT2D eigenvalue weighted by Gasteiger charge is -2.38. The highest BCUT2D eigenvalue weighted by molar-refractivity contribution is 7.92. The molecule has 1 aliphatic heterocycles. The van der Waals surface area contributed by atoms with Crippen LogP contribution in [-0.4, -0.2) is 51.9 Å². The Morgan fingerprint density at radius 2 is 1.51 bits per heavy atom. The van der Waals surface area contributed by atoms with Crippen molar-refractivity contribution in [2.45, 2.75) is 25.7 Å². The number of piperazine rings is 1. The summed E-state index contributed by atoms with van der Waals surface area (Å²) in [7, 11) is -3.97. The lowest BCUT2D eigenvalue weighted by atomic mass is 10.1. The van der Waals surface area contributed by atoms with Gasteiger partial charge in [0, 0.05) is 36.9 Å². The molecule has 0 atom stereocenters. The normalized spacial score (nSPS) is 14.2. The summed E-state index contributed by atoms with van der Waals surface area (Å²) < 4.78 is 28.4. The number of hydrogen-bond acceptors (Lipinski definition) is 4. The summed E-state index contributed by atoms with van der Waals surface area (Å²) in [4.78, 5) is 17.5. The highest BCUT2D eigenvalue weighted by atomic mass is 35.5. The van der Waals surface area contributed by atoms with E-state index in [1.807, 2.05) is 0 Å². The van der Waals surface area contributed by atoms with Gasteiger partial charge in [-0.3, -0.25) is 9.10 Å². The van der Waals surface area contributed by atoms with Gasteiger partial charge in [0.15, 0.2) is 0 Å². The fourth-order valence-electron chi connectivity index (χ4n) is 4.38. The summed E-state index contributed by atoms with van der Waals surface area (Å²) in [5.41, 5.74) is 4.67. The highest BCUT2D eigenvalue weighted by Gasteiger charge is 2.31. The molecule has 8 heteroatoms. The minimum Gasteiger partial charge on any atom is -0.368 e. The number of amides is 1. The van der Waals surface area contributed by atoms with Gasteiger partial charge in [-0.15, -0.1) is 0 Å². The number of rotatable bonds is 6. The monoisotopic (exact) mass is 511 g/mol. The maximum Gasteiger partial charge on any atom is 0.264 e. The molecule has 1 fully saturated rings. The number of sulfonamides is 1. The minimum absolute atomic E-state index is 0.131. The van der Waals surface area contributed by atoms with E-state index in [1.54, 1.807) is 48.2 Å². The van der Waals surface area contributed by atoms with E-state index in [2.05, 4.69) is 36.9 Å². The highest BCUT2D eigenvalue weighted by Crippen LogP contribution is 2.31. The van der Waals surface area contributed by atoms with Crippen molar-refractivity contribution in [2.75, 3.05) is 41.9 Å². The molecule has 3 aromatic rings. The largest absolute Gasteiger partial charge is 0.368 e. The van der Waals surface area contributed by atoms with Gasteiger partial charge in [-0.2, -0.15) is 0 Å². The first kappa shape index (κ1) is 25.1. The molecule has 0 spiro atoms. The molecule has 0 saturated carbocycles. The molecule has 0 radical (unpaired) electrons. The molecule has 0 aromatic heterocycles. The van der Waals surface area contributed by atoms with Gasteiger partial charge in [-0.25, -0.2) is 8.42 Å². The first-order chi connectivity index (χ1) is 16.7. The van der Waals surface area contributed by atoms with Crippen LogP contribution >= 0.6 is 11.6 Å². The Bertz CT molecular complexity index is 1320. The molecule has 184 valence electrons. The standard InChI is InChI=1S/C27H30ClN3O3S/c1-20-9-7-13-25(21(20)2)29-15-17-30(18-16-29)27(32)19-31(26-14-8-12-24(28)22(26)3)35(33,34)23-10-5-4-6-11-23/h4-14H,15-19H2,1-3H3. The predicted octanol–water partition coefficient (Wildman–Crippen LogP) is 4.81. The molecule has 0 unspecified atom stereocenters. The Balaban J connectivity index is 1.57. The number of anilines is 2. The van der Waals surface area contributed by atoms with Gasteiger partial charge in [0.05, 0.1) is 10.6 Å². The quantitative estimate of drug-likeness (QED) is 0.476. The molecule has 4 rings (SSSR count). The van der Waals surface area contributed by atoms with Gasteiger partial charge in [0.25, 0.3) is 10.0 Å². The van der Waals surface area contributed by atoms with Gasteiger partial charge in [-0.05, 0) is 67.8 Å². The van der Waals surface area contributed by atoms with Crippen LogP contribution in [0.1, 0.15) is 16.7 Å². The molecular formula is C27H30ClN3O3S. The first-order valence-electron chi connectivity index (χ1n) is 11.6. The van der Waals surface area contributed by atoms with Crippen molar-refractivity contribution in [1.29, 1.82) is 0 Å². The van der Waals surface area contributed by atoms with Crippen LogP contribution < -0.4 is 9.21 Å². The van der Waals surface area contributed by atoms with Crippen LogP contribution in [-0.2, 0) is 14.8 Å². The third kappa shape index (κ3) is 5.16. The fourth-order valence-corrected chi connectivity index (χ4v) is 6.05. The molecule has 1 aliphatic rings.